The van der Waals surface area contributed by atoms with Crippen LogP contribution in [0, 0.1) is 34.5 Å². The van der Waals surface area contributed by atoms with E-state index in [1.54, 1.807) is 0 Å². The molecule has 5 rings (SSSR count). The Morgan fingerprint density at radius 2 is 1.97 bits per heavy atom. The molecule has 5 fully saturated rings. The van der Waals surface area contributed by atoms with Gasteiger partial charge in [0.05, 0.1) is 11.3 Å². The lowest BCUT2D eigenvalue weighted by Gasteiger charge is -2.65. The fourth-order valence-electron chi connectivity index (χ4n) is 8.19. The third kappa shape index (κ3) is 2.79. The molecule has 0 unspecified atom stereocenters. The molecule has 4 aliphatic carbocycles. The molecule has 5 heteroatoms. The Morgan fingerprint density at radius 3 is 2.72 bits per heavy atom. The molecule has 4 saturated carbocycles. The van der Waals surface area contributed by atoms with Gasteiger partial charge in [-0.1, -0.05) is 25.9 Å². The Labute approximate surface area is 175 Å². The summed E-state index contributed by atoms with van der Waals surface area (Å²) in [7, 11) is 0. The van der Waals surface area contributed by atoms with Gasteiger partial charge in [0.25, 0.3) is 0 Å². The number of nitrogens with one attached hydrogen (secondary N) is 1. The van der Waals surface area contributed by atoms with Crippen LogP contribution in [0.5, 0.6) is 0 Å². The van der Waals surface area contributed by atoms with E-state index in [4.69, 9.17) is 4.84 Å². The molecule has 1 heterocycles. The highest BCUT2D eigenvalue weighted by Gasteiger charge is 2.66. The number of hydrogen-bond donors (Lipinski definition) is 2. The second-order valence-corrected chi connectivity index (χ2v) is 11.3. The Kier molecular flexibility index (Phi) is 4.67. The van der Waals surface area contributed by atoms with Crippen molar-refractivity contribution >= 4 is 11.5 Å². The molecular weight excluding hydrogens is 364 g/mol. The zero-order valence-corrected chi connectivity index (χ0v) is 18.4. The minimum atomic E-state index is -0.709. The van der Waals surface area contributed by atoms with Crippen LogP contribution in [0.1, 0.15) is 78.6 Å². The van der Waals surface area contributed by atoms with Gasteiger partial charge in [-0.15, -0.1) is 0 Å². The topological polar surface area (TPSA) is 70.9 Å². The van der Waals surface area contributed by atoms with Crippen LogP contribution in [0.4, 0.5) is 0 Å². The molecule has 0 radical (unpaired) electrons. The highest BCUT2D eigenvalue weighted by Crippen LogP contribution is 2.67. The number of rotatable bonds is 2. The van der Waals surface area contributed by atoms with Gasteiger partial charge in [-0.2, -0.15) is 0 Å². The first kappa shape index (κ1) is 20.0. The normalized spacial score (nSPS) is 53.4. The van der Waals surface area contributed by atoms with Crippen LogP contribution >= 0.6 is 0 Å². The molecule has 1 saturated heterocycles. The van der Waals surface area contributed by atoms with Crippen LogP contribution in [-0.4, -0.2) is 41.4 Å². The maximum absolute atomic E-state index is 12.7. The molecule has 0 aromatic carbocycles. The van der Waals surface area contributed by atoms with Crippen LogP contribution in [0.3, 0.4) is 0 Å². The molecule has 5 aliphatic rings. The quantitative estimate of drug-likeness (QED) is 0.691. The Hall–Kier alpha value is -0.940. The Bertz CT molecular complexity index is 717. The molecule has 0 aromatic heterocycles. The summed E-state index contributed by atoms with van der Waals surface area (Å²) < 4.78 is 0. The summed E-state index contributed by atoms with van der Waals surface area (Å²) in [5.74, 6) is 2.35. The van der Waals surface area contributed by atoms with Crippen molar-refractivity contribution in [3.63, 3.8) is 0 Å². The first-order valence-electron chi connectivity index (χ1n) is 12.0. The maximum atomic E-state index is 12.7. The van der Waals surface area contributed by atoms with Crippen molar-refractivity contribution in [2.45, 2.75) is 90.3 Å². The van der Waals surface area contributed by atoms with Gasteiger partial charge in [-0.25, -0.2) is 0 Å². The monoisotopic (exact) mass is 402 g/mol. The second-order valence-electron chi connectivity index (χ2n) is 11.3. The summed E-state index contributed by atoms with van der Waals surface area (Å²) in [5.41, 5.74) is 0.144. The van der Waals surface area contributed by atoms with E-state index in [1.165, 1.54) is 0 Å². The first-order valence-corrected chi connectivity index (χ1v) is 12.0. The molecule has 8 atom stereocenters. The van der Waals surface area contributed by atoms with Crippen molar-refractivity contribution in [1.82, 2.24) is 5.32 Å². The number of Topliss-reactive ketones (excluding diaryl/α,β-unsaturated/α-hetero) is 1. The van der Waals surface area contributed by atoms with Crippen LogP contribution in [0.15, 0.2) is 5.16 Å². The number of fused-ring (bicyclic) bond motifs is 5. The van der Waals surface area contributed by atoms with Crippen molar-refractivity contribution < 1.29 is 14.7 Å². The van der Waals surface area contributed by atoms with E-state index in [-0.39, 0.29) is 22.9 Å². The number of oxime groups is 1. The molecule has 0 aromatic rings. The average molecular weight is 403 g/mol. The van der Waals surface area contributed by atoms with Gasteiger partial charge in [-0.05, 0) is 68.7 Å². The molecule has 5 nitrogen and oxygen atoms in total. The molecule has 0 amide bonds. The van der Waals surface area contributed by atoms with Gasteiger partial charge in [0, 0.05) is 36.6 Å². The van der Waals surface area contributed by atoms with Crippen LogP contribution in [-0.2, 0) is 9.63 Å². The van der Waals surface area contributed by atoms with Crippen LogP contribution in [0.25, 0.3) is 0 Å². The number of carbonyl (C=O) groups excluding carboxylic acids is 1. The third-order valence-electron chi connectivity index (χ3n) is 10.1. The standard InChI is InChI=1S/C24H38N2O3/c1-15-12-18-19-4-5-21(27)22(19,2)9-7-20(18)23(3)10-6-16(13-24(15,23)28)26-29-17-8-11-25-14-17/h15,17-20,25,28H,4-14H2,1-3H3/t15-,17+,18-,19-,20-,22-,23+,24-/m0/s1. The molecule has 0 spiro atoms. The van der Waals surface area contributed by atoms with Gasteiger partial charge in [-0.3, -0.25) is 4.79 Å². The largest absolute Gasteiger partial charge is 0.391 e. The summed E-state index contributed by atoms with van der Waals surface area (Å²) in [6.07, 6.45) is 8.72. The molecule has 162 valence electrons. The maximum Gasteiger partial charge on any atom is 0.141 e. The lowest BCUT2D eigenvalue weighted by Crippen LogP contribution is -2.65. The highest BCUT2D eigenvalue weighted by atomic mass is 16.6. The van der Waals surface area contributed by atoms with Gasteiger partial charge < -0.3 is 15.3 Å². The van der Waals surface area contributed by atoms with Crippen LogP contribution in [0.2, 0.25) is 0 Å². The van der Waals surface area contributed by atoms with E-state index in [0.717, 1.165) is 70.2 Å². The molecular formula is C24H38N2O3. The third-order valence-corrected chi connectivity index (χ3v) is 10.1. The molecule has 29 heavy (non-hydrogen) atoms. The number of carbonyl (C=O) groups is 1. The van der Waals surface area contributed by atoms with Crippen molar-refractivity contribution in [3.05, 3.63) is 0 Å². The van der Waals surface area contributed by atoms with Gasteiger partial charge in [0.2, 0.25) is 0 Å². The van der Waals surface area contributed by atoms with Crippen molar-refractivity contribution in [3.8, 4) is 0 Å². The van der Waals surface area contributed by atoms with Gasteiger partial charge in [0.15, 0.2) is 0 Å². The first-order chi connectivity index (χ1) is 13.8. The Morgan fingerprint density at radius 1 is 1.14 bits per heavy atom. The number of aliphatic hydroxyl groups is 1. The fourth-order valence-corrected chi connectivity index (χ4v) is 8.19. The van der Waals surface area contributed by atoms with Crippen LogP contribution < -0.4 is 5.32 Å². The van der Waals surface area contributed by atoms with E-state index in [0.29, 0.717) is 30.0 Å². The van der Waals surface area contributed by atoms with Crippen molar-refractivity contribution in [1.29, 1.82) is 0 Å². The smallest absolute Gasteiger partial charge is 0.141 e. The second kappa shape index (κ2) is 6.78. The zero-order valence-electron chi connectivity index (χ0n) is 18.4. The summed E-state index contributed by atoms with van der Waals surface area (Å²) in [4.78, 5) is 18.5. The minimum absolute atomic E-state index is 0.0871. The summed E-state index contributed by atoms with van der Waals surface area (Å²) in [5, 5.41) is 19.9. The highest BCUT2D eigenvalue weighted by molar-refractivity contribution is 5.87. The summed E-state index contributed by atoms with van der Waals surface area (Å²) in [6, 6.07) is 0. The van der Waals surface area contributed by atoms with E-state index in [2.05, 4.69) is 31.2 Å². The lowest BCUT2D eigenvalue weighted by atomic mass is 9.41. The minimum Gasteiger partial charge on any atom is -0.391 e. The van der Waals surface area contributed by atoms with E-state index in [1.807, 2.05) is 0 Å². The molecule has 0 bridgehead atoms. The number of nitrogens with zero attached hydrogens (tertiary/aromatic N) is 1. The Balaban J connectivity index is 1.39. The van der Waals surface area contributed by atoms with Gasteiger partial charge in [0.1, 0.15) is 11.9 Å². The van der Waals surface area contributed by atoms with E-state index in [9.17, 15) is 9.90 Å². The van der Waals surface area contributed by atoms with Crippen molar-refractivity contribution in [2.75, 3.05) is 13.1 Å². The average Bonchev–Trinajstić information content (AvgIpc) is 3.31. The van der Waals surface area contributed by atoms with Gasteiger partial charge >= 0.3 is 0 Å². The van der Waals surface area contributed by atoms with E-state index < -0.39 is 5.60 Å². The lowest BCUT2D eigenvalue weighted by molar-refractivity contribution is -0.214. The number of hydrogen-bond acceptors (Lipinski definition) is 5. The molecule has 1 aliphatic heterocycles. The SMILES string of the molecule is C[C@H]1C[C@H]2[C@@H]3CCC(=O)[C@@]3(C)CC[C@@H]2[C@@]2(C)CCC(=NO[C@@H]3CCNC3)C[C@]12O. The summed E-state index contributed by atoms with van der Waals surface area (Å²) >= 11 is 0. The molecule has 2 N–H and O–H groups in total. The predicted octanol–water partition coefficient (Wildman–Crippen LogP) is 3.69. The van der Waals surface area contributed by atoms with E-state index >= 15 is 0 Å². The van der Waals surface area contributed by atoms with Crippen molar-refractivity contribution in [2.24, 2.45) is 39.7 Å². The predicted molar refractivity (Wildman–Crippen MR) is 113 cm³/mol. The summed E-state index contributed by atoms with van der Waals surface area (Å²) in [6.45, 7) is 8.69. The number of ketones is 1. The zero-order chi connectivity index (χ0) is 20.4. The fraction of sp³-hybridized carbons (Fsp3) is 0.917.